The van der Waals surface area contributed by atoms with Gasteiger partial charge in [0, 0.05) is 37.1 Å². The fraction of sp³-hybridized carbons (Fsp3) is 0.583. The number of hydrogen-bond donors (Lipinski definition) is 0. The maximum atomic E-state index is 8.35. The third kappa shape index (κ3) is 16.1. The molecule has 2 aromatic heterocycles. The van der Waals surface area contributed by atoms with Gasteiger partial charge in [0.2, 0.25) is 0 Å². The second-order valence-electron chi connectivity index (χ2n) is 7.63. The van der Waals surface area contributed by atoms with E-state index < -0.39 is 17.4 Å². The lowest BCUT2D eigenvalue weighted by atomic mass is 10.1. The molecule has 0 amide bonds. The monoisotopic (exact) mass is 480 g/mol. The van der Waals surface area contributed by atoms with E-state index in [-0.39, 0.29) is 0 Å². The van der Waals surface area contributed by atoms with Crippen molar-refractivity contribution in [1.82, 2.24) is 0 Å². The smallest absolute Gasteiger partial charge is 0.169 e. The van der Waals surface area contributed by atoms with Crippen LogP contribution in [0.15, 0.2) is 49.1 Å². The van der Waals surface area contributed by atoms with Crippen LogP contribution in [-0.2, 0) is 22.2 Å². The van der Waals surface area contributed by atoms with Crippen molar-refractivity contribution in [2.24, 2.45) is 0 Å². The zero-order valence-corrected chi connectivity index (χ0v) is 21.3. The molecule has 0 saturated heterocycles. The highest BCUT2D eigenvalue weighted by Crippen LogP contribution is 2.15. The van der Waals surface area contributed by atoms with Gasteiger partial charge in [0.15, 0.2) is 24.8 Å². The van der Waals surface area contributed by atoms with E-state index in [0.29, 0.717) is 0 Å². The van der Waals surface area contributed by atoms with Gasteiger partial charge in [-0.3, -0.25) is 9.13 Å². The summed E-state index contributed by atoms with van der Waals surface area (Å²) in [6.07, 6.45) is 22.3. The van der Waals surface area contributed by atoms with Crippen molar-refractivity contribution in [2.45, 2.75) is 91.1 Å². The minimum absolute atomic E-state index is 1.08. The minimum Gasteiger partial charge on any atom is -0.772 e. The molecule has 2 rings (SSSR count). The van der Waals surface area contributed by atoms with Crippen LogP contribution in [0.25, 0.3) is 11.1 Å². The minimum atomic E-state index is -1.08. The van der Waals surface area contributed by atoms with Gasteiger partial charge in [-0.2, -0.15) is 0 Å². The quantitative estimate of drug-likeness (QED) is 0.230. The predicted octanol–water partition coefficient (Wildman–Crippen LogP) is 4.98. The second kappa shape index (κ2) is 22.6. The van der Waals surface area contributed by atoms with E-state index in [1.807, 2.05) is 0 Å². The Balaban J connectivity index is 0.00000144. The molecule has 2 aromatic rings. The molecule has 0 unspecified atom stereocenters. The summed E-state index contributed by atoms with van der Waals surface area (Å²) in [5.41, 5.74) is 2.62. The molecule has 0 bridgehead atoms. The lowest BCUT2D eigenvalue weighted by molar-refractivity contribution is -0.697. The van der Waals surface area contributed by atoms with Crippen molar-refractivity contribution >= 4 is 17.4 Å². The maximum absolute atomic E-state index is 8.35. The number of pyridine rings is 2. The molecule has 0 spiro atoms. The second-order valence-corrected chi connectivity index (χ2v) is 7.92. The normalized spacial score (nSPS) is 10.2. The third-order valence-corrected chi connectivity index (χ3v) is 5.16. The van der Waals surface area contributed by atoms with Crippen LogP contribution in [0.2, 0.25) is 0 Å². The summed E-state index contributed by atoms with van der Waals surface area (Å²) in [6, 6.07) is 8.99. The van der Waals surface area contributed by atoms with E-state index in [1.165, 1.54) is 75.3 Å². The van der Waals surface area contributed by atoms with E-state index in [4.69, 9.17) is 18.9 Å². The van der Waals surface area contributed by atoms with Crippen LogP contribution in [0, 0.1) is 0 Å². The Morgan fingerprint density at radius 3 is 1.16 bits per heavy atom. The fourth-order valence-corrected chi connectivity index (χ4v) is 3.39. The Labute approximate surface area is 196 Å². The molecular weight excluding hydrogens is 442 g/mol. The molecule has 6 nitrogen and oxygen atoms in total. The first-order valence-electron chi connectivity index (χ1n) is 11.5. The summed E-state index contributed by atoms with van der Waals surface area (Å²) in [5, 5.41) is 0. The molecule has 0 aliphatic carbocycles. The summed E-state index contributed by atoms with van der Waals surface area (Å²) in [6.45, 7) is 6.81. The average molecular weight is 481 g/mol. The molecule has 0 fully saturated rings. The van der Waals surface area contributed by atoms with Crippen LogP contribution in [-0.4, -0.2) is 0 Å². The Hall–Kier alpha value is -1.58. The summed E-state index contributed by atoms with van der Waals surface area (Å²) < 4.78 is 21.3. The first-order chi connectivity index (χ1) is 15.7. The molecule has 0 aliphatic rings. The van der Waals surface area contributed by atoms with Gasteiger partial charge in [0.25, 0.3) is 0 Å². The van der Waals surface area contributed by atoms with Crippen LogP contribution < -0.4 is 18.9 Å². The molecule has 0 aromatic carbocycles. The SMILES string of the molecule is CCCCCCC[n+]1ccc(-c2cc[n+](CCCCCCC)cc2)cc1.O=P[O-].O=P[O-]. The fourth-order valence-electron chi connectivity index (χ4n) is 3.39. The topological polar surface area (TPSA) is 88.0 Å². The van der Waals surface area contributed by atoms with Crippen LogP contribution >= 0.6 is 17.4 Å². The maximum Gasteiger partial charge on any atom is 0.169 e. The molecule has 0 N–H and O–H groups in total. The van der Waals surface area contributed by atoms with Crippen molar-refractivity contribution in [1.29, 1.82) is 0 Å². The summed E-state index contributed by atoms with van der Waals surface area (Å²) >= 11 is 0. The van der Waals surface area contributed by atoms with Crippen LogP contribution in [0.4, 0.5) is 0 Å². The number of aryl methyl sites for hydroxylation is 2. The Morgan fingerprint density at radius 2 is 0.875 bits per heavy atom. The van der Waals surface area contributed by atoms with Gasteiger partial charge in [0.1, 0.15) is 13.1 Å². The molecule has 2 heterocycles. The molecule has 32 heavy (non-hydrogen) atoms. The largest absolute Gasteiger partial charge is 0.772 e. The van der Waals surface area contributed by atoms with Gasteiger partial charge in [0.05, 0.1) is 17.4 Å². The van der Waals surface area contributed by atoms with Crippen molar-refractivity contribution in [3.05, 3.63) is 49.1 Å². The van der Waals surface area contributed by atoms with E-state index in [2.05, 4.69) is 72.0 Å². The molecule has 0 aliphatic heterocycles. The lowest BCUT2D eigenvalue weighted by Gasteiger charge is -2.02. The number of nitrogens with zero attached hydrogens (tertiary/aromatic N) is 2. The Bertz CT molecular complexity index is 637. The first kappa shape index (κ1) is 30.4. The molecular formula is C24H38N2O4P2. The van der Waals surface area contributed by atoms with Crippen LogP contribution in [0.5, 0.6) is 0 Å². The number of rotatable bonds is 13. The molecule has 0 saturated carbocycles. The van der Waals surface area contributed by atoms with Gasteiger partial charge in [-0.15, -0.1) is 0 Å². The van der Waals surface area contributed by atoms with Gasteiger partial charge < -0.3 is 9.79 Å². The molecule has 0 atom stereocenters. The summed E-state index contributed by atoms with van der Waals surface area (Å²) in [4.78, 5) is 16.7. The number of unbranched alkanes of at least 4 members (excludes halogenated alkanes) is 8. The standard InChI is InChI=1S/C24H38N2.2HO2P/c1-3-5-7-9-11-17-25-19-13-23(14-20-25)24-15-21-26(22-16-24)18-12-10-8-6-4-2;2*1-3-2/h13-16,19-22H,3-12,17-18H2,1-2H3;2*(H,1,2)/q+2;;/p-2. The Kier molecular flexibility index (Phi) is 21.5. The van der Waals surface area contributed by atoms with E-state index in [9.17, 15) is 0 Å². The molecule has 8 heteroatoms. The number of hydrogen-bond acceptors (Lipinski definition) is 4. The van der Waals surface area contributed by atoms with E-state index in [0.717, 1.165) is 13.1 Å². The van der Waals surface area contributed by atoms with Crippen molar-refractivity contribution in [3.8, 4) is 11.1 Å². The number of aromatic nitrogens is 2. The van der Waals surface area contributed by atoms with Gasteiger partial charge in [-0.25, -0.2) is 9.13 Å². The van der Waals surface area contributed by atoms with Gasteiger partial charge in [-0.1, -0.05) is 52.4 Å². The van der Waals surface area contributed by atoms with E-state index in [1.54, 1.807) is 0 Å². The van der Waals surface area contributed by atoms with Crippen LogP contribution in [0.1, 0.15) is 78.1 Å². The summed E-state index contributed by atoms with van der Waals surface area (Å²) in [5.74, 6) is 0. The highest BCUT2D eigenvalue weighted by Gasteiger charge is 2.06. The highest BCUT2D eigenvalue weighted by molar-refractivity contribution is 7.14. The lowest BCUT2D eigenvalue weighted by Crippen LogP contribution is -2.33. The van der Waals surface area contributed by atoms with Crippen molar-refractivity contribution in [2.75, 3.05) is 0 Å². The van der Waals surface area contributed by atoms with E-state index >= 15 is 0 Å². The zero-order chi connectivity index (χ0) is 23.9. The van der Waals surface area contributed by atoms with Gasteiger partial charge in [-0.05, 0) is 24.0 Å². The Morgan fingerprint density at radius 1 is 0.594 bits per heavy atom. The predicted molar refractivity (Wildman–Crippen MR) is 125 cm³/mol. The molecule has 0 radical (unpaired) electrons. The first-order valence-corrected chi connectivity index (χ1v) is 13.0. The highest BCUT2D eigenvalue weighted by atomic mass is 31.1. The van der Waals surface area contributed by atoms with Crippen molar-refractivity contribution < 1.29 is 28.1 Å². The summed E-state index contributed by atoms with van der Waals surface area (Å²) in [7, 11) is -2.17. The van der Waals surface area contributed by atoms with Gasteiger partial charge >= 0.3 is 0 Å². The van der Waals surface area contributed by atoms with Crippen molar-refractivity contribution in [3.63, 3.8) is 0 Å². The zero-order valence-electron chi connectivity index (χ0n) is 19.5. The van der Waals surface area contributed by atoms with Crippen LogP contribution in [0.3, 0.4) is 0 Å². The molecule has 178 valence electrons. The average Bonchev–Trinajstić information content (AvgIpc) is 2.81. The third-order valence-electron chi connectivity index (χ3n) is 5.16.